The van der Waals surface area contributed by atoms with Crippen molar-refractivity contribution in [3.63, 3.8) is 0 Å². The number of fused-ring (bicyclic) bond motifs is 1. The Labute approximate surface area is 195 Å². The van der Waals surface area contributed by atoms with Crippen LogP contribution in [0, 0.1) is 34.8 Å². The van der Waals surface area contributed by atoms with E-state index in [4.69, 9.17) is 0 Å². The van der Waals surface area contributed by atoms with Gasteiger partial charge in [0.1, 0.15) is 6.54 Å². The molecule has 1 saturated heterocycles. The highest BCUT2D eigenvalue weighted by molar-refractivity contribution is 6.09. The third kappa shape index (κ3) is 4.12. The standard InChI is InChI=1S/C25H23N3O6/c1-15-6-8-17(9-7-15)21(29)14-26(23(30)18-10-12-19(13-11-18)28(33)34)27-24(31)20-5-3-4-16(2)22(20)25(27)32/h3-4,6-13,16,20,22H,5,14H2,1-2H3/t16-,20-,22+/m1/s1. The summed E-state index contributed by atoms with van der Waals surface area (Å²) in [6.45, 7) is 3.18. The highest BCUT2D eigenvalue weighted by Gasteiger charge is 2.53. The number of imide groups is 1. The second kappa shape index (κ2) is 9.01. The second-order valence-corrected chi connectivity index (χ2v) is 8.60. The monoisotopic (exact) mass is 461 g/mol. The molecule has 0 N–H and O–H groups in total. The van der Waals surface area contributed by atoms with E-state index in [1.54, 1.807) is 24.3 Å². The average Bonchev–Trinajstić information content (AvgIpc) is 3.08. The topological polar surface area (TPSA) is 118 Å². The van der Waals surface area contributed by atoms with E-state index in [1.807, 2.05) is 26.0 Å². The molecule has 2 aromatic rings. The minimum Gasteiger partial charge on any atom is -0.292 e. The number of amides is 3. The summed E-state index contributed by atoms with van der Waals surface area (Å²) in [6.07, 6.45) is 4.10. The van der Waals surface area contributed by atoms with Gasteiger partial charge in [0, 0.05) is 23.3 Å². The van der Waals surface area contributed by atoms with E-state index < -0.39 is 46.8 Å². The molecule has 1 aliphatic carbocycles. The van der Waals surface area contributed by atoms with Crippen LogP contribution in [0.5, 0.6) is 0 Å². The molecular formula is C25H23N3O6. The number of hydrazine groups is 1. The molecule has 0 radical (unpaired) electrons. The van der Waals surface area contributed by atoms with Crippen LogP contribution < -0.4 is 0 Å². The van der Waals surface area contributed by atoms with E-state index in [0.29, 0.717) is 12.0 Å². The molecule has 4 rings (SSSR count). The zero-order valence-corrected chi connectivity index (χ0v) is 18.7. The molecule has 0 aromatic heterocycles. The first-order valence-electron chi connectivity index (χ1n) is 10.9. The van der Waals surface area contributed by atoms with E-state index in [9.17, 15) is 29.3 Å². The summed E-state index contributed by atoms with van der Waals surface area (Å²) in [4.78, 5) is 63.5. The highest BCUT2D eigenvalue weighted by atomic mass is 16.6. The lowest BCUT2D eigenvalue weighted by atomic mass is 9.78. The van der Waals surface area contributed by atoms with Gasteiger partial charge in [-0.2, -0.15) is 5.01 Å². The molecule has 0 saturated carbocycles. The molecule has 1 heterocycles. The molecule has 3 atom stereocenters. The quantitative estimate of drug-likeness (QED) is 0.214. The van der Waals surface area contributed by atoms with E-state index in [0.717, 1.165) is 27.7 Å². The summed E-state index contributed by atoms with van der Waals surface area (Å²) in [5, 5.41) is 12.6. The normalized spacial score (nSPS) is 21.4. The Morgan fingerprint density at radius 1 is 1.03 bits per heavy atom. The molecule has 9 heteroatoms. The highest BCUT2D eigenvalue weighted by Crippen LogP contribution is 2.39. The number of Topliss-reactive ketones (excluding diaryl/α,β-unsaturated/α-hetero) is 1. The summed E-state index contributed by atoms with van der Waals surface area (Å²) in [7, 11) is 0. The van der Waals surface area contributed by atoms with Gasteiger partial charge in [-0.3, -0.25) is 29.3 Å². The zero-order valence-electron chi connectivity index (χ0n) is 18.7. The number of carbonyl (C=O) groups excluding carboxylic acids is 4. The number of non-ortho nitro benzene ring substituents is 1. The molecule has 1 fully saturated rings. The Morgan fingerprint density at radius 2 is 1.65 bits per heavy atom. The lowest BCUT2D eigenvalue weighted by molar-refractivity contribution is -0.384. The summed E-state index contributed by atoms with van der Waals surface area (Å²) in [5.74, 6) is -3.68. The summed E-state index contributed by atoms with van der Waals surface area (Å²) in [6, 6.07) is 11.5. The van der Waals surface area contributed by atoms with Crippen molar-refractivity contribution >= 4 is 29.2 Å². The molecule has 0 unspecified atom stereocenters. The number of allylic oxidation sites excluding steroid dienone is 2. The summed E-state index contributed by atoms with van der Waals surface area (Å²) < 4.78 is 0. The van der Waals surface area contributed by atoms with E-state index >= 15 is 0 Å². The van der Waals surface area contributed by atoms with Crippen molar-refractivity contribution in [1.82, 2.24) is 10.0 Å². The van der Waals surface area contributed by atoms with Crippen molar-refractivity contribution < 1.29 is 24.1 Å². The van der Waals surface area contributed by atoms with E-state index in [-0.39, 0.29) is 17.2 Å². The molecule has 3 amide bonds. The van der Waals surface area contributed by atoms with Crippen LogP contribution in [-0.4, -0.2) is 45.0 Å². The third-order valence-corrected chi connectivity index (χ3v) is 6.32. The molecule has 174 valence electrons. The second-order valence-electron chi connectivity index (χ2n) is 8.60. The maximum atomic E-state index is 13.5. The van der Waals surface area contributed by atoms with Crippen LogP contribution in [0.2, 0.25) is 0 Å². The van der Waals surface area contributed by atoms with Crippen LogP contribution in [0.4, 0.5) is 5.69 Å². The smallest absolute Gasteiger partial charge is 0.273 e. The fourth-order valence-electron chi connectivity index (χ4n) is 4.44. The van der Waals surface area contributed by atoms with Crippen LogP contribution in [0.25, 0.3) is 0 Å². The maximum absolute atomic E-state index is 13.5. The molecule has 0 bridgehead atoms. The van der Waals surface area contributed by atoms with Crippen molar-refractivity contribution in [2.45, 2.75) is 20.3 Å². The van der Waals surface area contributed by atoms with Crippen LogP contribution in [0.15, 0.2) is 60.7 Å². The fourth-order valence-corrected chi connectivity index (χ4v) is 4.44. The van der Waals surface area contributed by atoms with Crippen molar-refractivity contribution in [2.24, 2.45) is 17.8 Å². The van der Waals surface area contributed by atoms with Gasteiger partial charge in [-0.1, -0.05) is 48.9 Å². The van der Waals surface area contributed by atoms with E-state index in [2.05, 4.69) is 0 Å². The Balaban J connectivity index is 1.70. The number of hydrogen-bond acceptors (Lipinski definition) is 6. The number of nitro groups is 1. The van der Waals surface area contributed by atoms with Gasteiger partial charge in [-0.25, -0.2) is 5.01 Å². The van der Waals surface area contributed by atoms with Gasteiger partial charge in [-0.05, 0) is 31.4 Å². The number of rotatable bonds is 6. The third-order valence-electron chi connectivity index (χ3n) is 6.32. The number of benzene rings is 2. The first kappa shape index (κ1) is 23.0. The molecule has 34 heavy (non-hydrogen) atoms. The lowest BCUT2D eigenvalue weighted by Gasteiger charge is -2.30. The fraction of sp³-hybridized carbons (Fsp3) is 0.280. The van der Waals surface area contributed by atoms with Gasteiger partial charge in [-0.15, -0.1) is 0 Å². The van der Waals surface area contributed by atoms with Gasteiger partial charge < -0.3 is 0 Å². The molecule has 0 spiro atoms. The van der Waals surface area contributed by atoms with Crippen LogP contribution in [-0.2, 0) is 9.59 Å². The van der Waals surface area contributed by atoms with Gasteiger partial charge in [0.15, 0.2) is 5.78 Å². The maximum Gasteiger partial charge on any atom is 0.273 e. The van der Waals surface area contributed by atoms with Gasteiger partial charge >= 0.3 is 0 Å². The molecular weight excluding hydrogens is 438 g/mol. The average molecular weight is 461 g/mol. The minimum atomic E-state index is -0.767. The zero-order chi connectivity index (χ0) is 24.6. The predicted octanol–water partition coefficient (Wildman–Crippen LogP) is 3.34. The van der Waals surface area contributed by atoms with Crippen LogP contribution in [0.1, 0.15) is 39.6 Å². The van der Waals surface area contributed by atoms with Crippen LogP contribution >= 0.6 is 0 Å². The molecule has 9 nitrogen and oxygen atoms in total. The largest absolute Gasteiger partial charge is 0.292 e. The van der Waals surface area contributed by atoms with E-state index in [1.165, 1.54) is 12.1 Å². The number of nitrogens with zero attached hydrogens (tertiary/aromatic N) is 3. The Morgan fingerprint density at radius 3 is 2.24 bits per heavy atom. The lowest BCUT2D eigenvalue weighted by Crippen LogP contribution is -2.52. The Kier molecular flexibility index (Phi) is 6.10. The van der Waals surface area contributed by atoms with Crippen molar-refractivity contribution in [2.75, 3.05) is 6.54 Å². The van der Waals surface area contributed by atoms with Crippen molar-refractivity contribution in [1.29, 1.82) is 0 Å². The molecule has 1 aliphatic heterocycles. The summed E-state index contributed by atoms with van der Waals surface area (Å²) >= 11 is 0. The number of carbonyl (C=O) groups is 4. The first-order valence-corrected chi connectivity index (χ1v) is 10.9. The SMILES string of the molecule is Cc1ccc(C(=O)CN(C(=O)c2ccc([N+](=O)[O-])cc2)N2C(=O)[C@H]3[C@H](C)C=CC[C@H]3C2=O)cc1. The number of ketones is 1. The predicted molar refractivity (Wildman–Crippen MR) is 121 cm³/mol. The minimum absolute atomic E-state index is 0.0175. The van der Waals surface area contributed by atoms with Crippen LogP contribution in [0.3, 0.4) is 0 Å². The van der Waals surface area contributed by atoms with Crippen molar-refractivity contribution in [3.05, 3.63) is 87.5 Å². The number of hydrogen-bond donors (Lipinski definition) is 0. The van der Waals surface area contributed by atoms with Gasteiger partial charge in [0.05, 0.1) is 16.8 Å². The summed E-state index contributed by atoms with van der Waals surface area (Å²) in [5.41, 5.74) is 1.09. The number of aryl methyl sites for hydroxylation is 1. The van der Waals surface area contributed by atoms with Gasteiger partial charge in [0.2, 0.25) is 0 Å². The first-order chi connectivity index (χ1) is 16.2. The number of nitro benzene ring substituents is 1. The van der Waals surface area contributed by atoms with Crippen molar-refractivity contribution in [3.8, 4) is 0 Å². The molecule has 2 aromatic carbocycles. The Hall–Kier alpha value is -4.14. The Bertz CT molecular complexity index is 1200. The van der Waals surface area contributed by atoms with Gasteiger partial charge in [0.25, 0.3) is 23.4 Å². The molecule has 2 aliphatic rings.